The van der Waals surface area contributed by atoms with E-state index < -0.39 is 0 Å². The molecule has 1 fully saturated rings. The predicted octanol–water partition coefficient (Wildman–Crippen LogP) is 4.14. The van der Waals surface area contributed by atoms with Crippen LogP contribution >= 0.6 is 0 Å². The summed E-state index contributed by atoms with van der Waals surface area (Å²) in [6.07, 6.45) is 2.26. The molecule has 2 heterocycles. The number of pyridine rings is 1. The zero-order valence-electron chi connectivity index (χ0n) is 20.9. The first-order valence-corrected chi connectivity index (χ1v) is 12.3. The van der Waals surface area contributed by atoms with E-state index in [1.165, 1.54) is 11.1 Å². The third-order valence-corrected chi connectivity index (χ3v) is 6.74. The number of aryl methyl sites for hydroxylation is 3. The van der Waals surface area contributed by atoms with E-state index in [9.17, 15) is 9.59 Å². The number of likely N-dealkylation sites (tertiary alicyclic amines) is 1. The lowest BCUT2D eigenvalue weighted by Crippen LogP contribution is -2.40. The summed E-state index contributed by atoms with van der Waals surface area (Å²) < 4.78 is 0. The molecule has 0 saturated carbocycles. The second-order valence-corrected chi connectivity index (χ2v) is 9.44. The van der Waals surface area contributed by atoms with Gasteiger partial charge in [-0.2, -0.15) is 0 Å². The van der Waals surface area contributed by atoms with Crippen LogP contribution in [0.25, 0.3) is 10.9 Å². The van der Waals surface area contributed by atoms with Crippen molar-refractivity contribution in [3.8, 4) is 0 Å². The number of amides is 3. The Kier molecular flexibility index (Phi) is 7.98. The maximum absolute atomic E-state index is 12.7. The van der Waals surface area contributed by atoms with E-state index in [-0.39, 0.29) is 18.0 Å². The molecular formula is C28H35N5O2. The van der Waals surface area contributed by atoms with Gasteiger partial charge in [0.05, 0.1) is 11.2 Å². The van der Waals surface area contributed by atoms with Crippen molar-refractivity contribution >= 4 is 28.5 Å². The minimum absolute atomic E-state index is 0.190. The van der Waals surface area contributed by atoms with Gasteiger partial charge in [-0.3, -0.25) is 14.7 Å². The summed E-state index contributed by atoms with van der Waals surface area (Å²) >= 11 is 0. The van der Waals surface area contributed by atoms with E-state index in [1.807, 2.05) is 49.2 Å². The monoisotopic (exact) mass is 473 g/mol. The van der Waals surface area contributed by atoms with Crippen LogP contribution < -0.4 is 10.6 Å². The van der Waals surface area contributed by atoms with Gasteiger partial charge in [-0.25, -0.2) is 4.79 Å². The number of carbonyl (C=O) groups excluding carboxylic acids is 2. The Morgan fingerprint density at radius 2 is 1.89 bits per heavy atom. The SMILES string of the molecule is Cc1ccc(CCC(=O)N(C)C2CCN(CCNC(=O)Nc3cc(C)nc4ccccc34)C2)cc1. The van der Waals surface area contributed by atoms with Gasteiger partial charge in [0.2, 0.25) is 5.91 Å². The van der Waals surface area contributed by atoms with Gasteiger partial charge in [-0.1, -0.05) is 48.0 Å². The Morgan fingerprint density at radius 1 is 1.11 bits per heavy atom. The molecule has 1 unspecified atom stereocenters. The van der Waals surface area contributed by atoms with Gasteiger partial charge in [0.1, 0.15) is 0 Å². The first kappa shape index (κ1) is 24.7. The second-order valence-electron chi connectivity index (χ2n) is 9.44. The van der Waals surface area contributed by atoms with Gasteiger partial charge >= 0.3 is 6.03 Å². The lowest BCUT2D eigenvalue weighted by molar-refractivity contribution is -0.131. The molecule has 0 bridgehead atoms. The van der Waals surface area contributed by atoms with Crippen molar-refractivity contribution in [2.45, 2.75) is 39.2 Å². The summed E-state index contributed by atoms with van der Waals surface area (Å²) in [5.74, 6) is 0.190. The number of rotatable bonds is 8. The van der Waals surface area contributed by atoms with Crippen LogP contribution in [0.3, 0.4) is 0 Å². The van der Waals surface area contributed by atoms with Crippen LogP contribution in [0.2, 0.25) is 0 Å². The van der Waals surface area contributed by atoms with Crippen LogP contribution in [0.4, 0.5) is 10.5 Å². The summed E-state index contributed by atoms with van der Waals surface area (Å²) in [6, 6.07) is 18.1. The molecule has 7 nitrogen and oxygen atoms in total. The zero-order valence-corrected chi connectivity index (χ0v) is 20.9. The first-order valence-electron chi connectivity index (χ1n) is 12.3. The number of anilines is 1. The Hall–Kier alpha value is -3.45. The Morgan fingerprint density at radius 3 is 2.69 bits per heavy atom. The third kappa shape index (κ3) is 6.57. The fourth-order valence-corrected chi connectivity index (χ4v) is 4.62. The van der Waals surface area contributed by atoms with Crippen molar-refractivity contribution < 1.29 is 9.59 Å². The van der Waals surface area contributed by atoms with E-state index in [0.29, 0.717) is 13.0 Å². The molecule has 3 amide bonds. The van der Waals surface area contributed by atoms with Crippen LogP contribution in [-0.2, 0) is 11.2 Å². The fourth-order valence-electron chi connectivity index (χ4n) is 4.62. The summed E-state index contributed by atoms with van der Waals surface area (Å²) in [4.78, 5) is 33.9. The normalized spacial score (nSPS) is 15.8. The van der Waals surface area contributed by atoms with Crippen LogP contribution in [0.15, 0.2) is 54.6 Å². The summed E-state index contributed by atoms with van der Waals surface area (Å²) in [7, 11) is 1.92. The van der Waals surface area contributed by atoms with Gasteiger partial charge in [0, 0.05) is 56.8 Å². The molecule has 184 valence electrons. The average molecular weight is 474 g/mol. The number of hydrogen-bond acceptors (Lipinski definition) is 4. The Balaban J connectivity index is 1.19. The van der Waals surface area contributed by atoms with Crippen molar-refractivity contribution in [3.63, 3.8) is 0 Å². The number of nitrogens with zero attached hydrogens (tertiary/aromatic N) is 3. The zero-order chi connectivity index (χ0) is 24.8. The number of fused-ring (bicyclic) bond motifs is 1. The summed E-state index contributed by atoms with van der Waals surface area (Å²) in [6.45, 7) is 7.06. The van der Waals surface area contributed by atoms with Crippen molar-refractivity contribution in [2.75, 3.05) is 38.5 Å². The summed E-state index contributed by atoms with van der Waals surface area (Å²) in [5, 5.41) is 6.84. The lowest BCUT2D eigenvalue weighted by Gasteiger charge is -2.25. The number of nitrogens with one attached hydrogen (secondary N) is 2. The van der Waals surface area contributed by atoms with E-state index in [4.69, 9.17) is 0 Å². The molecule has 1 saturated heterocycles. The molecule has 1 aliphatic heterocycles. The standard InChI is InChI=1S/C28H35N5O2/c1-20-8-10-22(11-9-20)12-13-27(34)32(3)23-14-16-33(19-23)17-15-29-28(35)31-26-18-21(2)30-25-7-5-4-6-24(25)26/h4-11,18,23H,12-17,19H2,1-3H3,(H2,29,30,31,35). The number of carbonyl (C=O) groups is 2. The van der Waals surface area contributed by atoms with Gasteiger partial charge in [0.15, 0.2) is 0 Å². The van der Waals surface area contributed by atoms with Crippen molar-refractivity contribution in [1.29, 1.82) is 0 Å². The Labute approximate surface area is 207 Å². The molecule has 1 aromatic heterocycles. The predicted molar refractivity (Wildman–Crippen MR) is 141 cm³/mol. The van der Waals surface area contributed by atoms with Crippen molar-refractivity contribution in [3.05, 3.63) is 71.4 Å². The van der Waals surface area contributed by atoms with Crippen LogP contribution in [0, 0.1) is 13.8 Å². The largest absolute Gasteiger partial charge is 0.341 e. The lowest BCUT2D eigenvalue weighted by atomic mass is 10.1. The maximum atomic E-state index is 12.7. The molecule has 2 N–H and O–H groups in total. The highest BCUT2D eigenvalue weighted by Gasteiger charge is 2.27. The number of hydrogen-bond donors (Lipinski definition) is 2. The average Bonchev–Trinajstić information content (AvgIpc) is 3.31. The number of urea groups is 1. The van der Waals surface area contributed by atoms with Gasteiger partial charge < -0.3 is 15.5 Å². The minimum atomic E-state index is -0.222. The molecule has 35 heavy (non-hydrogen) atoms. The quantitative estimate of drug-likeness (QED) is 0.516. The van der Waals surface area contributed by atoms with Crippen molar-refractivity contribution in [1.82, 2.24) is 20.1 Å². The van der Waals surface area contributed by atoms with E-state index in [0.717, 1.165) is 54.8 Å². The number of likely N-dealkylation sites (N-methyl/N-ethyl adjacent to an activating group) is 1. The Bertz CT molecular complexity index is 1180. The highest BCUT2D eigenvalue weighted by Crippen LogP contribution is 2.22. The van der Waals surface area contributed by atoms with Gasteiger partial charge in [-0.15, -0.1) is 0 Å². The molecule has 0 radical (unpaired) electrons. The van der Waals surface area contributed by atoms with Crippen LogP contribution in [0.5, 0.6) is 0 Å². The molecule has 1 aliphatic rings. The van der Waals surface area contributed by atoms with Crippen LogP contribution in [0.1, 0.15) is 29.7 Å². The third-order valence-electron chi connectivity index (χ3n) is 6.74. The molecule has 1 atom stereocenters. The van der Waals surface area contributed by atoms with Gasteiger partial charge in [0.25, 0.3) is 0 Å². The number of para-hydroxylation sites is 1. The molecule has 2 aromatic carbocycles. The fraction of sp³-hybridized carbons (Fsp3) is 0.393. The van der Waals surface area contributed by atoms with Gasteiger partial charge in [-0.05, 0) is 44.4 Å². The first-order chi connectivity index (χ1) is 16.9. The van der Waals surface area contributed by atoms with Crippen molar-refractivity contribution in [2.24, 2.45) is 0 Å². The van der Waals surface area contributed by atoms with E-state index in [2.05, 4.69) is 51.7 Å². The second kappa shape index (κ2) is 11.3. The van der Waals surface area contributed by atoms with E-state index >= 15 is 0 Å². The highest BCUT2D eigenvalue weighted by molar-refractivity contribution is 6.00. The molecule has 7 heteroatoms. The molecule has 4 rings (SSSR count). The number of benzene rings is 2. The van der Waals surface area contributed by atoms with Crippen LogP contribution in [-0.4, -0.2) is 66.0 Å². The molecule has 0 spiro atoms. The van der Waals surface area contributed by atoms with E-state index in [1.54, 1.807) is 0 Å². The molecule has 3 aromatic rings. The molecular weight excluding hydrogens is 438 g/mol. The summed E-state index contributed by atoms with van der Waals surface area (Å²) in [5.41, 5.74) is 4.92. The highest BCUT2D eigenvalue weighted by atomic mass is 16.2. The maximum Gasteiger partial charge on any atom is 0.319 e. The number of aromatic nitrogens is 1. The topological polar surface area (TPSA) is 77.6 Å². The smallest absolute Gasteiger partial charge is 0.319 e. The molecule has 0 aliphatic carbocycles. The minimum Gasteiger partial charge on any atom is -0.341 e.